The predicted octanol–water partition coefficient (Wildman–Crippen LogP) is 10.0. The standard InChI is InChI=1S/C11H5F4N3.C11H8F3N5.C8H4FNO.C3HBr2F3O.CH4/c12-8-2-1-6(3-7(8)4-16)10-17-5-9(18-10)11(13,14)15;12-11(13,14)8-4-16-10(17-8)5-1-2-7-6(3-5)9(15)19-18-7;9-8-2-1-6(5-11)3-7(8)4-10;4-2(5)1(9)3(6,7)8;/h1-3,5H,(H,17,18);1-4H,(H,16,17)(H3,15,18,19);1-3,5H;2H;1H4. The first-order chi connectivity index (χ1) is 26.5. The summed E-state index contributed by atoms with van der Waals surface area (Å²) < 4.78 is 133. The first kappa shape index (κ1) is 48.0. The Bertz CT molecular complexity index is 2440. The van der Waals surface area contributed by atoms with E-state index >= 15 is 0 Å². The van der Waals surface area contributed by atoms with Crippen molar-refractivity contribution in [3.8, 4) is 34.9 Å². The molecule has 3 heterocycles. The number of halogens is 13. The van der Waals surface area contributed by atoms with Gasteiger partial charge in [-0.15, -0.1) is 0 Å². The molecule has 0 unspecified atom stereocenters. The Balaban J connectivity index is 0.000000277. The lowest BCUT2D eigenvalue weighted by molar-refractivity contribution is -0.168. The van der Waals surface area contributed by atoms with E-state index in [4.69, 9.17) is 16.3 Å². The number of benzene rings is 3. The molecule has 0 amide bonds. The van der Waals surface area contributed by atoms with Gasteiger partial charge in [-0.05, 0) is 54.6 Å². The van der Waals surface area contributed by atoms with Crippen LogP contribution < -0.4 is 5.73 Å². The number of nitriles is 2. The van der Waals surface area contributed by atoms with Crippen molar-refractivity contribution in [1.29, 1.82) is 10.5 Å². The quantitative estimate of drug-likeness (QED) is 0.0762. The number of alkyl halides is 11. The highest BCUT2D eigenvalue weighted by molar-refractivity contribution is 9.25. The SMILES string of the molecule is C.N#Cc1cc(-c2ncc(C(F)(F)F)[nH]2)ccc1F.N#Cc1cc(C=O)ccc1F.Nc1n[nH]c2ccc(-c3ncc(C(F)(F)F)[nH]3)cc12.O=C(C(Br)Br)C(F)(F)F. The summed E-state index contributed by atoms with van der Waals surface area (Å²) in [7, 11) is 0. The number of hydrogen-bond acceptors (Lipinski definition) is 8. The molecule has 11 nitrogen and oxygen atoms in total. The zero-order valence-corrected chi connectivity index (χ0v) is 30.7. The first-order valence-corrected chi connectivity index (χ1v) is 16.6. The van der Waals surface area contributed by atoms with Gasteiger partial charge in [0.25, 0.3) is 5.78 Å². The van der Waals surface area contributed by atoms with Crippen LogP contribution >= 0.6 is 31.9 Å². The van der Waals surface area contributed by atoms with Gasteiger partial charge in [0.15, 0.2) is 5.82 Å². The summed E-state index contributed by atoms with van der Waals surface area (Å²) in [5.74, 6) is -2.81. The first-order valence-electron chi connectivity index (χ1n) is 14.7. The van der Waals surface area contributed by atoms with Crippen LogP contribution in [0.25, 0.3) is 33.7 Å². The Morgan fingerprint density at radius 3 is 1.64 bits per heavy atom. The molecule has 0 saturated carbocycles. The van der Waals surface area contributed by atoms with Crippen LogP contribution in [0.1, 0.15) is 40.3 Å². The van der Waals surface area contributed by atoms with E-state index in [0.29, 0.717) is 40.3 Å². The fraction of sp³-hybridized carbons (Fsp3) is 0.147. The zero-order chi connectivity index (χ0) is 42.9. The summed E-state index contributed by atoms with van der Waals surface area (Å²) in [6.07, 6.45) is -11.7. The minimum Gasteiger partial charge on any atom is -0.382 e. The van der Waals surface area contributed by atoms with E-state index in [-0.39, 0.29) is 35.8 Å². The number of nitrogens with one attached hydrogen (secondary N) is 3. The number of rotatable bonds is 4. The number of nitrogens with two attached hydrogens (primary N) is 1. The van der Waals surface area contributed by atoms with Crippen molar-refractivity contribution in [2.24, 2.45) is 0 Å². The lowest BCUT2D eigenvalue weighted by Crippen LogP contribution is -2.27. The Kier molecular flexibility index (Phi) is 16.4. The van der Waals surface area contributed by atoms with Gasteiger partial charge >= 0.3 is 18.5 Å². The van der Waals surface area contributed by atoms with Gasteiger partial charge in [-0.3, -0.25) is 14.7 Å². The van der Waals surface area contributed by atoms with Gasteiger partial charge in [-0.1, -0.05) is 39.3 Å². The van der Waals surface area contributed by atoms with Crippen molar-refractivity contribution < 1.29 is 57.9 Å². The van der Waals surface area contributed by atoms with Crippen LogP contribution in [0.4, 0.5) is 54.1 Å². The summed E-state index contributed by atoms with van der Waals surface area (Å²) in [4.78, 5) is 31.7. The summed E-state index contributed by atoms with van der Waals surface area (Å²) in [6.45, 7) is 0. The van der Waals surface area contributed by atoms with Crippen molar-refractivity contribution in [1.82, 2.24) is 30.1 Å². The topological polar surface area (TPSA) is 194 Å². The van der Waals surface area contributed by atoms with Crippen LogP contribution in [0.15, 0.2) is 67.0 Å². The molecule has 3 aromatic heterocycles. The molecule has 6 rings (SSSR count). The fourth-order valence-electron chi connectivity index (χ4n) is 3.99. The average Bonchev–Trinajstić information content (AvgIpc) is 3.93. The number of carbonyl (C=O) groups is 2. The minimum absolute atomic E-state index is 0. The molecule has 0 fully saturated rings. The normalized spacial score (nSPS) is 11.0. The molecule has 6 aromatic rings. The zero-order valence-electron chi connectivity index (χ0n) is 27.5. The van der Waals surface area contributed by atoms with E-state index in [2.05, 4.69) is 62.0 Å². The summed E-state index contributed by atoms with van der Waals surface area (Å²) >= 11 is 4.85. The van der Waals surface area contributed by atoms with Crippen molar-refractivity contribution in [3.63, 3.8) is 0 Å². The summed E-state index contributed by atoms with van der Waals surface area (Å²) in [5.41, 5.74) is 5.15. The number of fused-ring (bicyclic) bond motifs is 1. The molecule has 5 N–H and O–H groups in total. The molecule has 0 saturated heterocycles. The van der Waals surface area contributed by atoms with Crippen molar-refractivity contribution in [2.45, 2.75) is 29.7 Å². The number of aromatic nitrogens is 6. The number of carbonyl (C=O) groups excluding carboxylic acids is 2. The molecule has 0 aliphatic rings. The molecule has 24 heteroatoms. The van der Waals surface area contributed by atoms with Crippen LogP contribution in [0, 0.1) is 34.3 Å². The smallest absolute Gasteiger partial charge is 0.382 e. The molecule has 0 radical (unpaired) electrons. The Hall–Kier alpha value is -6.14. The number of aromatic amines is 3. The second kappa shape index (κ2) is 19.8. The van der Waals surface area contributed by atoms with Gasteiger partial charge < -0.3 is 15.7 Å². The summed E-state index contributed by atoms with van der Waals surface area (Å²) in [5, 5.41) is 24.1. The van der Waals surface area contributed by atoms with E-state index in [1.165, 1.54) is 18.2 Å². The molecule has 0 spiro atoms. The van der Waals surface area contributed by atoms with E-state index in [0.717, 1.165) is 24.4 Å². The highest BCUT2D eigenvalue weighted by atomic mass is 79.9. The highest BCUT2D eigenvalue weighted by Gasteiger charge is 2.41. The maximum atomic E-state index is 13.0. The number of imidazole rings is 2. The van der Waals surface area contributed by atoms with E-state index in [9.17, 15) is 57.9 Å². The van der Waals surface area contributed by atoms with E-state index in [1.807, 2.05) is 0 Å². The molecule has 0 bridgehead atoms. The van der Waals surface area contributed by atoms with E-state index in [1.54, 1.807) is 30.3 Å². The number of nitrogen functional groups attached to an aromatic ring is 1. The number of Topliss-reactive ketones (excluding diaryl/α,β-unsaturated/α-hetero) is 1. The maximum absolute atomic E-state index is 13.0. The van der Waals surface area contributed by atoms with E-state index < -0.39 is 51.1 Å². The van der Waals surface area contributed by atoms with Crippen LogP contribution in [-0.2, 0) is 17.1 Å². The van der Waals surface area contributed by atoms with Gasteiger partial charge in [-0.25, -0.2) is 18.7 Å². The molecule has 3 aromatic carbocycles. The van der Waals surface area contributed by atoms with Gasteiger partial charge in [0.05, 0.1) is 29.0 Å². The maximum Gasteiger partial charge on any atom is 0.452 e. The Morgan fingerprint density at radius 2 is 1.22 bits per heavy atom. The Labute approximate surface area is 335 Å². The molecule has 0 atom stereocenters. The molecular formula is C34H22Br2F11N9O2. The number of aldehydes is 1. The second-order valence-corrected chi connectivity index (χ2v) is 13.7. The predicted molar refractivity (Wildman–Crippen MR) is 193 cm³/mol. The van der Waals surface area contributed by atoms with Gasteiger partial charge in [-0.2, -0.15) is 55.1 Å². The third-order valence-electron chi connectivity index (χ3n) is 6.71. The number of hydrogen-bond donors (Lipinski definition) is 4. The fourth-order valence-corrected chi connectivity index (χ4v) is 4.51. The molecule has 0 aliphatic heterocycles. The van der Waals surface area contributed by atoms with Crippen LogP contribution in [0.5, 0.6) is 0 Å². The molecule has 58 heavy (non-hydrogen) atoms. The van der Waals surface area contributed by atoms with Crippen molar-refractivity contribution in [3.05, 3.63) is 107 Å². The van der Waals surface area contributed by atoms with Crippen LogP contribution in [0.3, 0.4) is 0 Å². The number of nitrogens with zero attached hydrogens (tertiary/aromatic N) is 5. The van der Waals surface area contributed by atoms with Crippen molar-refractivity contribution >= 4 is 60.7 Å². The van der Waals surface area contributed by atoms with Crippen molar-refractivity contribution in [2.75, 3.05) is 5.73 Å². The third-order valence-corrected chi connectivity index (χ3v) is 7.54. The Morgan fingerprint density at radius 1 is 0.759 bits per heavy atom. The number of ketones is 1. The third kappa shape index (κ3) is 13.0. The number of H-pyrrole nitrogens is 3. The summed E-state index contributed by atoms with van der Waals surface area (Å²) in [6, 6.07) is 15.2. The molecule has 0 aliphatic carbocycles. The van der Waals surface area contributed by atoms with Gasteiger partial charge in [0, 0.05) is 22.1 Å². The largest absolute Gasteiger partial charge is 0.452 e. The van der Waals surface area contributed by atoms with Crippen LogP contribution in [0.2, 0.25) is 0 Å². The highest BCUT2D eigenvalue weighted by Crippen LogP contribution is 2.32. The monoisotopic (exact) mass is 955 g/mol. The lowest BCUT2D eigenvalue weighted by atomic mass is 10.1. The average molecular weight is 957 g/mol. The van der Waals surface area contributed by atoms with Gasteiger partial charge in [0.1, 0.15) is 56.8 Å². The minimum atomic E-state index is -4.75. The number of anilines is 1. The van der Waals surface area contributed by atoms with Crippen LogP contribution in [-0.4, -0.2) is 52.1 Å². The molecular weight excluding hydrogens is 935 g/mol. The van der Waals surface area contributed by atoms with Gasteiger partial charge in [0.2, 0.25) is 0 Å². The lowest BCUT2D eigenvalue weighted by Gasteiger charge is -2.03. The molecule has 306 valence electrons. The second-order valence-electron chi connectivity index (χ2n) is 10.6.